The molecule has 0 amide bonds. The lowest BCUT2D eigenvalue weighted by atomic mass is 10.1. The third-order valence-electron chi connectivity index (χ3n) is 2.27. The van der Waals surface area contributed by atoms with Crippen molar-refractivity contribution >= 4 is 21.9 Å². The van der Waals surface area contributed by atoms with Crippen molar-refractivity contribution in [2.45, 2.75) is 0 Å². The van der Waals surface area contributed by atoms with Crippen LogP contribution in [0.15, 0.2) is 38.3 Å². The molecule has 1 aromatic carbocycles. The lowest BCUT2D eigenvalue weighted by molar-refractivity contribution is 0.0690. The SMILES string of the molecule is O.O=C(O)c1[nH]c(=O)[nH]c(=O)c1-c1cccc(Br)c1. The van der Waals surface area contributed by atoms with Crippen LogP contribution in [-0.4, -0.2) is 26.5 Å². The smallest absolute Gasteiger partial charge is 0.353 e. The predicted molar refractivity (Wildman–Crippen MR) is 71.4 cm³/mol. The van der Waals surface area contributed by atoms with Crippen LogP contribution in [0.5, 0.6) is 0 Å². The summed E-state index contributed by atoms with van der Waals surface area (Å²) >= 11 is 3.23. The molecule has 2 aromatic rings. The molecule has 0 radical (unpaired) electrons. The van der Waals surface area contributed by atoms with Crippen LogP contribution in [0.4, 0.5) is 0 Å². The zero-order valence-corrected chi connectivity index (χ0v) is 10.9. The van der Waals surface area contributed by atoms with E-state index in [1.165, 1.54) is 0 Å². The molecule has 1 heterocycles. The number of aromatic carboxylic acids is 1. The Kier molecular flexibility index (Phi) is 4.41. The van der Waals surface area contributed by atoms with Crippen molar-refractivity contribution in [1.29, 1.82) is 0 Å². The van der Waals surface area contributed by atoms with Crippen LogP contribution in [0, 0.1) is 0 Å². The monoisotopic (exact) mass is 328 g/mol. The number of nitrogens with one attached hydrogen (secondary N) is 2. The largest absolute Gasteiger partial charge is 0.477 e. The Labute approximate surface area is 114 Å². The van der Waals surface area contributed by atoms with Crippen molar-refractivity contribution in [3.05, 3.63) is 55.3 Å². The van der Waals surface area contributed by atoms with Crippen molar-refractivity contribution in [1.82, 2.24) is 9.97 Å². The standard InChI is InChI=1S/C11H7BrN2O4.H2O/c12-6-3-1-2-5(4-6)7-8(10(16)17)13-11(18)14-9(7)15;/h1-4H,(H,16,17)(H2,13,14,15,18);1H2. The third-order valence-corrected chi connectivity index (χ3v) is 2.76. The van der Waals surface area contributed by atoms with Gasteiger partial charge in [0.05, 0.1) is 5.56 Å². The fourth-order valence-corrected chi connectivity index (χ4v) is 1.97. The summed E-state index contributed by atoms with van der Waals surface area (Å²) in [6, 6.07) is 6.58. The molecular formula is C11H9BrN2O5. The number of aromatic amines is 2. The highest BCUT2D eigenvalue weighted by molar-refractivity contribution is 9.10. The van der Waals surface area contributed by atoms with Crippen LogP contribution in [0.25, 0.3) is 11.1 Å². The Morgan fingerprint density at radius 1 is 1.21 bits per heavy atom. The van der Waals surface area contributed by atoms with Gasteiger partial charge in [-0.25, -0.2) is 9.59 Å². The number of hydrogen-bond acceptors (Lipinski definition) is 3. The molecule has 0 aliphatic carbocycles. The summed E-state index contributed by atoms with van der Waals surface area (Å²) < 4.78 is 0.696. The van der Waals surface area contributed by atoms with E-state index in [2.05, 4.69) is 20.9 Å². The van der Waals surface area contributed by atoms with Crippen LogP contribution >= 0.6 is 15.9 Å². The molecule has 0 bridgehead atoms. The summed E-state index contributed by atoms with van der Waals surface area (Å²) in [6.45, 7) is 0. The van der Waals surface area contributed by atoms with E-state index >= 15 is 0 Å². The topological polar surface area (TPSA) is 135 Å². The van der Waals surface area contributed by atoms with E-state index in [9.17, 15) is 14.4 Å². The van der Waals surface area contributed by atoms with Gasteiger partial charge in [0.1, 0.15) is 5.69 Å². The van der Waals surface area contributed by atoms with Gasteiger partial charge in [-0.3, -0.25) is 9.78 Å². The summed E-state index contributed by atoms with van der Waals surface area (Å²) in [4.78, 5) is 38.0. The molecule has 0 saturated carbocycles. The minimum absolute atomic E-state index is 0. The molecule has 19 heavy (non-hydrogen) atoms. The van der Waals surface area contributed by atoms with Gasteiger partial charge in [-0.05, 0) is 17.7 Å². The van der Waals surface area contributed by atoms with Gasteiger partial charge in [0.2, 0.25) is 0 Å². The first-order valence-corrected chi connectivity index (χ1v) is 5.64. The van der Waals surface area contributed by atoms with E-state index in [4.69, 9.17) is 5.11 Å². The number of hydrogen-bond donors (Lipinski definition) is 3. The molecule has 0 spiro atoms. The normalized spacial score (nSPS) is 9.74. The number of rotatable bonds is 2. The Balaban J connectivity index is 0.00000180. The van der Waals surface area contributed by atoms with E-state index < -0.39 is 22.9 Å². The average Bonchev–Trinajstić information content (AvgIpc) is 2.27. The molecular weight excluding hydrogens is 320 g/mol. The first-order chi connectivity index (χ1) is 8.49. The molecule has 5 N–H and O–H groups in total. The molecule has 1 aromatic heterocycles. The average molecular weight is 329 g/mol. The number of halogens is 1. The quantitative estimate of drug-likeness (QED) is 0.733. The minimum atomic E-state index is -1.37. The number of carboxylic acid groups (broad SMARTS) is 1. The van der Waals surface area contributed by atoms with Crippen LogP contribution in [0.1, 0.15) is 10.5 Å². The fourth-order valence-electron chi connectivity index (χ4n) is 1.57. The highest BCUT2D eigenvalue weighted by atomic mass is 79.9. The maximum atomic E-state index is 11.7. The van der Waals surface area contributed by atoms with Gasteiger partial charge in [0, 0.05) is 4.47 Å². The van der Waals surface area contributed by atoms with Gasteiger partial charge in [0.25, 0.3) is 5.56 Å². The van der Waals surface area contributed by atoms with Crippen LogP contribution in [0.2, 0.25) is 0 Å². The predicted octanol–water partition coefficient (Wildman–Crippen LogP) is 0.366. The summed E-state index contributed by atoms with van der Waals surface area (Å²) in [7, 11) is 0. The van der Waals surface area contributed by atoms with E-state index in [0.717, 1.165) is 0 Å². The molecule has 0 atom stereocenters. The van der Waals surface area contributed by atoms with Crippen LogP contribution in [-0.2, 0) is 0 Å². The highest BCUT2D eigenvalue weighted by Gasteiger charge is 2.17. The second kappa shape index (κ2) is 5.63. The molecule has 0 saturated heterocycles. The van der Waals surface area contributed by atoms with E-state index in [-0.39, 0.29) is 11.0 Å². The van der Waals surface area contributed by atoms with Crippen molar-refractivity contribution in [3.63, 3.8) is 0 Å². The number of aromatic nitrogens is 2. The summed E-state index contributed by atoms with van der Waals surface area (Å²) in [6.07, 6.45) is 0. The van der Waals surface area contributed by atoms with Crippen molar-refractivity contribution < 1.29 is 15.4 Å². The zero-order chi connectivity index (χ0) is 13.3. The first kappa shape index (κ1) is 14.9. The lowest BCUT2D eigenvalue weighted by Crippen LogP contribution is -2.27. The number of carboxylic acids is 1. The molecule has 0 unspecified atom stereocenters. The van der Waals surface area contributed by atoms with Crippen molar-refractivity contribution in [2.24, 2.45) is 0 Å². The second-order valence-corrected chi connectivity index (χ2v) is 4.39. The van der Waals surface area contributed by atoms with Crippen LogP contribution < -0.4 is 11.2 Å². The highest BCUT2D eigenvalue weighted by Crippen LogP contribution is 2.21. The molecule has 2 rings (SSSR count). The summed E-state index contributed by atoms with van der Waals surface area (Å²) in [5, 5.41) is 9.01. The summed E-state index contributed by atoms with van der Waals surface area (Å²) in [5.74, 6) is -1.37. The van der Waals surface area contributed by atoms with Gasteiger partial charge >= 0.3 is 11.7 Å². The number of carbonyl (C=O) groups is 1. The second-order valence-electron chi connectivity index (χ2n) is 3.47. The van der Waals surface area contributed by atoms with E-state index in [1.807, 2.05) is 4.98 Å². The molecule has 100 valence electrons. The Morgan fingerprint density at radius 3 is 2.47 bits per heavy atom. The number of benzene rings is 1. The maximum Gasteiger partial charge on any atom is 0.353 e. The van der Waals surface area contributed by atoms with Gasteiger partial charge in [-0.15, -0.1) is 0 Å². The van der Waals surface area contributed by atoms with E-state index in [1.54, 1.807) is 24.3 Å². The molecule has 0 aliphatic rings. The molecule has 8 heteroatoms. The maximum absolute atomic E-state index is 11.7. The summed E-state index contributed by atoms with van der Waals surface area (Å²) in [5.41, 5.74) is -1.70. The first-order valence-electron chi connectivity index (χ1n) is 4.85. The Bertz CT molecular complexity index is 734. The molecule has 7 nitrogen and oxygen atoms in total. The van der Waals surface area contributed by atoms with Crippen LogP contribution in [0.3, 0.4) is 0 Å². The third kappa shape index (κ3) is 2.98. The zero-order valence-electron chi connectivity index (χ0n) is 9.36. The fraction of sp³-hybridized carbons (Fsp3) is 0. The lowest BCUT2D eigenvalue weighted by Gasteiger charge is -2.04. The number of H-pyrrole nitrogens is 2. The van der Waals surface area contributed by atoms with Crippen molar-refractivity contribution in [3.8, 4) is 11.1 Å². The van der Waals surface area contributed by atoms with Crippen molar-refractivity contribution in [2.75, 3.05) is 0 Å². The van der Waals surface area contributed by atoms with Gasteiger partial charge in [0.15, 0.2) is 0 Å². The van der Waals surface area contributed by atoms with Gasteiger partial charge in [-0.2, -0.15) is 0 Å². The van der Waals surface area contributed by atoms with E-state index in [0.29, 0.717) is 10.0 Å². The molecule has 0 fully saturated rings. The van der Waals surface area contributed by atoms with Gasteiger partial charge in [-0.1, -0.05) is 28.1 Å². The van der Waals surface area contributed by atoms with Gasteiger partial charge < -0.3 is 15.6 Å². The molecule has 0 aliphatic heterocycles. The Hall–Kier alpha value is -2.19. The Morgan fingerprint density at radius 2 is 1.89 bits per heavy atom. The minimum Gasteiger partial charge on any atom is -0.477 e.